The number of fused-ring (bicyclic) bond motifs is 1. The predicted molar refractivity (Wildman–Crippen MR) is 80.3 cm³/mol. The van der Waals surface area contributed by atoms with Gasteiger partial charge in [0.1, 0.15) is 17.9 Å². The summed E-state index contributed by atoms with van der Waals surface area (Å²) in [5.74, 6) is -0.868. The first-order valence-electron chi connectivity index (χ1n) is 6.16. The molecule has 0 unspecified atom stereocenters. The number of carbonyl (C=O) groups is 1. The first kappa shape index (κ1) is 13.7. The van der Waals surface area contributed by atoms with E-state index in [9.17, 15) is 9.18 Å². The van der Waals surface area contributed by atoms with Crippen LogP contribution in [0.25, 0.3) is 11.0 Å². The van der Waals surface area contributed by atoms with E-state index in [0.29, 0.717) is 9.99 Å². The third kappa shape index (κ3) is 2.92. The van der Waals surface area contributed by atoms with E-state index in [-0.39, 0.29) is 18.1 Å². The molecule has 106 valence electrons. The lowest BCUT2D eigenvalue weighted by Crippen LogP contribution is -2.20. The van der Waals surface area contributed by atoms with Crippen molar-refractivity contribution >= 4 is 38.6 Å². The predicted octanol–water partition coefficient (Wildman–Crippen LogP) is 2.97. The number of para-hydroxylation sites is 1. The highest BCUT2D eigenvalue weighted by molar-refractivity contribution is 9.10. The van der Waals surface area contributed by atoms with Crippen LogP contribution >= 0.6 is 15.9 Å². The lowest BCUT2D eigenvalue weighted by atomic mass is 10.3. The molecule has 0 fully saturated rings. The van der Waals surface area contributed by atoms with Crippen molar-refractivity contribution < 1.29 is 9.18 Å². The van der Waals surface area contributed by atoms with Crippen LogP contribution in [0, 0.1) is 5.82 Å². The van der Waals surface area contributed by atoms with Crippen molar-refractivity contribution in [2.75, 3.05) is 5.32 Å². The van der Waals surface area contributed by atoms with Gasteiger partial charge in [0.2, 0.25) is 5.91 Å². The van der Waals surface area contributed by atoms with Gasteiger partial charge < -0.3 is 5.32 Å². The molecule has 21 heavy (non-hydrogen) atoms. The van der Waals surface area contributed by atoms with E-state index in [1.54, 1.807) is 6.07 Å². The van der Waals surface area contributed by atoms with Gasteiger partial charge in [-0.1, -0.05) is 33.3 Å². The van der Waals surface area contributed by atoms with Crippen LogP contribution in [0.1, 0.15) is 0 Å². The largest absolute Gasteiger partial charge is 0.322 e. The van der Waals surface area contributed by atoms with Gasteiger partial charge in [-0.05, 0) is 30.3 Å². The van der Waals surface area contributed by atoms with Gasteiger partial charge in [-0.3, -0.25) is 4.79 Å². The highest BCUT2D eigenvalue weighted by Crippen LogP contribution is 2.19. The zero-order valence-electron chi connectivity index (χ0n) is 10.8. The van der Waals surface area contributed by atoms with Crippen molar-refractivity contribution in [1.29, 1.82) is 0 Å². The summed E-state index contributed by atoms with van der Waals surface area (Å²) in [7, 11) is 0. The van der Waals surface area contributed by atoms with Crippen molar-refractivity contribution in [1.82, 2.24) is 15.0 Å². The van der Waals surface area contributed by atoms with E-state index < -0.39 is 5.82 Å². The Labute approximate surface area is 127 Å². The Bertz CT molecular complexity index is 818. The molecule has 0 saturated carbocycles. The molecular formula is C14H10BrFN4O. The summed E-state index contributed by atoms with van der Waals surface area (Å²) in [5.41, 5.74) is 1.59. The second-order valence-corrected chi connectivity index (χ2v) is 5.32. The van der Waals surface area contributed by atoms with Gasteiger partial charge >= 0.3 is 0 Å². The molecule has 1 amide bonds. The minimum atomic E-state index is -0.499. The molecule has 3 rings (SSSR count). The van der Waals surface area contributed by atoms with Gasteiger partial charge in [0, 0.05) is 4.47 Å². The van der Waals surface area contributed by atoms with Crippen LogP contribution in [-0.2, 0) is 11.3 Å². The first-order valence-corrected chi connectivity index (χ1v) is 6.96. The number of carbonyl (C=O) groups excluding carboxylic acids is 1. The number of hydrogen-bond donors (Lipinski definition) is 1. The van der Waals surface area contributed by atoms with Crippen LogP contribution in [-0.4, -0.2) is 20.9 Å². The SMILES string of the molecule is O=C(Cn1nnc2ccccc21)Nc1ccc(Br)cc1F. The highest BCUT2D eigenvalue weighted by Gasteiger charge is 2.11. The van der Waals surface area contributed by atoms with Crippen molar-refractivity contribution in [3.8, 4) is 0 Å². The van der Waals surface area contributed by atoms with Crippen molar-refractivity contribution in [2.24, 2.45) is 0 Å². The third-order valence-electron chi connectivity index (χ3n) is 2.92. The molecule has 5 nitrogen and oxygen atoms in total. The fourth-order valence-corrected chi connectivity index (χ4v) is 2.28. The summed E-state index contributed by atoms with van der Waals surface area (Å²) in [6, 6.07) is 11.8. The summed E-state index contributed by atoms with van der Waals surface area (Å²) in [5, 5.41) is 10.4. The quantitative estimate of drug-likeness (QED) is 0.791. The molecule has 0 aliphatic heterocycles. The fraction of sp³-hybridized carbons (Fsp3) is 0.0714. The van der Waals surface area contributed by atoms with Crippen LogP contribution < -0.4 is 5.32 Å². The number of benzene rings is 2. The maximum absolute atomic E-state index is 13.7. The van der Waals surface area contributed by atoms with Crippen molar-refractivity contribution in [3.63, 3.8) is 0 Å². The van der Waals surface area contributed by atoms with Crippen LogP contribution in [0.5, 0.6) is 0 Å². The van der Waals surface area contributed by atoms with Crippen LogP contribution in [0.4, 0.5) is 10.1 Å². The second-order valence-electron chi connectivity index (χ2n) is 4.41. The highest BCUT2D eigenvalue weighted by atomic mass is 79.9. The number of nitrogens with one attached hydrogen (secondary N) is 1. The lowest BCUT2D eigenvalue weighted by molar-refractivity contribution is -0.116. The Balaban J connectivity index is 1.77. The monoisotopic (exact) mass is 348 g/mol. The van der Waals surface area contributed by atoms with Crippen LogP contribution in [0.3, 0.4) is 0 Å². The second kappa shape index (κ2) is 5.61. The topological polar surface area (TPSA) is 59.8 Å². The molecule has 0 saturated heterocycles. The number of hydrogen-bond acceptors (Lipinski definition) is 3. The van der Waals surface area contributed by atoms with E-state index in [0.717, 1.165) is 5.52 Å². The Morgan fingerprint density at radius 2 is 2.10 bits per heavy atom. The maximum Gasteiger partial charge on any atom is 0.246 e. The normalized spacial score (nSPS) is 10.8. The molecule has 0 aliphatic carbocycles. The zero-order chi connectivity index (χ0) is 14.8. The fourth-order valence-electron chi connectivity index (χ4n) is 1.95. The number of nitrogens with zero attached hydrogens (tertiary/aromatic N) is 3. The average molecular weight is 349 g/mol. The number of rotatable bonds is 3. The van der Waals surface area contributed by atoms with E-state index in [2.05, 4.69) is 31.6 Å². The van der Waals surface area contributed by atoms with Crippen LogP contribution in [0.15, 0.2) is 46.9 Å². The van der Waals surface area contributed by atoms with E-state index in [4.69, 9.17) is 0 Å². The Hall–Kier alpha value is -2.28. The van der Waals surface area contributed by atoms with Crippen LogP contribution in [0.2, 0.25) is 0 Å². The summed E-state index contributed by atoms with van der Waals surface area (Å²) in [6.07, 6.45) is 0. The average Bonchev–Trinajstić information content (AvgIpc) is 2.85. The van der Waals surface area contributed by atoms with E-state index >= 15 is 0 Å². The summed E-state index contributed by atoms with van der Waals surface area (Å²) in [6.45, 7) is -0.0317. The molecule has 1 heterocycles. The molecule has 0 bridgehead atoms. The Morgan fingerprint density at radius 1 is 1.29 bits per heavy atom. The molecule has 0 aliphatic rings. The summed E-state index contributed by atoms with van der Waals surface area (Å²) >= 11 is 3.16. The lowest BCUT2D eigenvalue weighted by Gasteiger charge is -2.07. The summed E-state index contributed by atoms with van der Waals surface area (Å²) < 4.78 is 15.7. The molecule has 3 aromatic rings. The van der Waals surface area contributed by atoms with Gasteiger partial charge in [0.25, 0.3) is 0 Å². The minimum Gasteiger partial charge on any atom is -0.322 e. The molecule has 7 heteroatoms. The van der Waals surface area contributed by atoms with E-state index in [1.807, 2.05) is 24.3 Å². The summed E-state index contributed by atoms with van der Waals surface area (Å²) in [4.78, 5) is 12.0. The molecular weight excluding hydrogens is 339 g/mol. The Morgan fingerprint density at radius 3 is 2.90 bits per heavy atom. The molecule has 1 N–H and O–H groups in total. The smallest absolute Gasteiger partial charge is 0.246 e. The minimum absolute atomic E-state index is 0.0317. The molecule has 1 aromatic heterocycles. The number of aromatic nitrogens is 3. The van der Waals surface area contributed by atoms with Crippen molar-refractivity contribution in [3.05, 3.63) is 52.8 Å². The molecule has 0 radical (unpaired) electrons. The zero-order valence-corrected chi connectivity index (χ0v) is 12.3. The van der Waals surface area contributed by atoms with Crippen molar-refractivity contribution in [2.45, 2.75) is 6.54 Å². The standard InChI is InChI=1S/C14H10BrFN4O/c15-9-5-6-11(10(16)7-9)17-14(21)8-20-13-4-2-1-3-12(13)18-19-20/h1-7H,8H2,(H,17,21). The Kier molecular flexibility index (Phi) is 3.66. The molecule has 0 spiro atoms. The molecule has 2 aromatic carbocycles. The van der Waals surface area contributed by atoms with E-state index in [1.165, 1.54) is 16.8 Å². The number of halogens is 2. The van der Waals surface area contributed by atoms with Gasteiger partial charge in [-0.25, -0.2) is 9.07 Å². The van der Waals surface area contributed by atoms with Gasteiger partial charge in [0.15, 0.2) is 0 Å². The van der Waals surface area contributed by atoms with Gasteiger partial charge in [0.05, 0.1) is 11.2 Å². The number of amides is 1. The van der Waals surface area contributed by atoms with Gasteiger partial charge in [-0.15, -0.1) is 5.10 Å². The molecule has 0 atom stereocenters. The third-order valence-corrected chi connectivity index (χ3v) is 3.41. The maximum atomic E-state index is 13.7. The number of anilines is 1. The first-order chi connectivity index (χ1) is 10.1. The van der Waals surface area contributed by atoms with Gasteiger partial charge in [-0.2, -0.15) is 0 Å².